The highest BCUT2D eigenvalue weighted by molar-refractivity contribution is 5.73. The predicted octanol–water partition coefficient (Wildman–Crippen LogP) is -9.56. The van der Waals surface area contributed by atoms with Gasteiger partial charge in [0.1, 0.15) is 85.5 Å². The Balaban J connectivity index is 1.51. The molecular formula is C24H38O23. The summed E-state index contributed by atoms with van der Waals surface area (Å²) in [7, 11) is 0. The summed E-state index contributed by atoms with van der Waals surface area (Å²) in [4.78, 5) is 23.2. The molecule has 0 aromatic carbocycles. The average Bonchev–Trinajstić information content (AvgIpc) is 3.02. The first-order valence-electron chi connectivity index (χ1n) is 14.1. The SMILES string of the molecule is O=C(O)C1OC(O)C(O)C(OC2OC(CO)C(OC3OC(C(=O)O)C(O)C(OC4OC(CO)C(O)C(O)C4O)C3O)C(O)C2O)C1O. The predicted molar refractivity (Wildman–Crippen MR) is 135 cm³/mol. The maximum atomic E-state index is 11.9. The van der Waals surface area contributed by atoms with Gasteiger partial charge in [-0.2, -0.15) is 0 Å². The summed E-state index contributed by atoms with van der Waals surface area (Å²) in [6.07, 6.45) is -40.8. The summed E-state index contributed by atoms with van der Waals surface area (Å²) in [6.45, 7) is -1.93. The van der Waals surface area contributed by atoms with Crippen LogP contribution in [0.3, 0.4) is 0 Å². The van der Waals surface area contributed by atoms with Crippen molar-refractivity contribution in [1.29, 1.82) is 0 Å². The second-order valence-corrected chi connectivity index (χ2v) is 11.2. The molecule has 0 radical (unpaired) electrons. The largest absolute Gasteiger partial charge is 0.479 e. The zero-order valence-electron chi connectivity index (χ0n) is 23.9. The Hall–Kier alpha value is -1.82. The Kier molecular flexibility index (Phi) is 12.4. The number of hydrogen-bond donors (Lipinski definition) is 14. The van der Waals surface area contributed by atoms with E-state index in [0.29, 0.717) is 0 Å². The Labute approximate surface area is 262 Å². The number of aliphatic hydroxyl groups is 12. The molecule has 0 bridgehead atoms. The fourth-order valence-electron chi connectivity index (χ4n) is 5.50. The summed E-state index contributed by atoms with van der Waals surface area (Å²) < 4.78 is 36.4. The first kappa shape index (κ1) is 38.0. The number of hydrogen-bond acceptors (Lipinski definition) is 21. The molecule has 0 aliphatic carbocycles. The van der Waals surface area contributed by atoms with Crippen LogP contribution < -0.4 is 0 Å². The maximum Gasteiger partial charge on any atom is 0.335 e. The van der Waals surface area contributed by atoms with Crippen LogP contribution in [0.25, 0.3) is 0 Å². The van der Waals surface area contributed by atoms with Crippen molar-refractivity contribution in [2.45, 2.75) is 123 Å². The molecule has 4 fully saturated rings. The van der Waals surface area contributed by atoms with Gasteiger partial charge in [0.05, 0.1) is 13.2 Å². The minimum Gasteiger partial charge on any atom is -0.479 e. The number of carbonyl (C=O) groups is 2. The summed E-state index contributed by atoms with van der Waals surface area (Å²) in [5.41, 5.74) is 0. The third-order valence-corrected chi connectivity index (χ3v) is 8.13. The normalized spacial score (nSPS) is 51.0. The topological polar surface area (TPSA) is 382 Å². The molecule has 0 spiro atoms. The number of aliphatic carboxylic acids is 2. The molecule has 23 heteroatoms. The van der Waals surface area contributed by atoms with Crippen molar-refractivity contribution in [1.82, 2.24) is 0 Å². The van der Waals surface area contributed by atoms with Crippen LogP contribution in [0.1, 0.15) is 0 Å². The molecular weight excluding hydrogens is 656 g/mol. The molecule has 0 amide bonds. The highest BCUT2D eigenvalue weighted by Crippen LogP contribution is 2.34. The minimum absolute atomic E-state index is 0.879. The summed E-state index contributed by atoms with van der Waals surface area (Å²) in [5, 5.41) is 142. The second kappa shape index (κ2) is 15.4. The Morgan fingerprint density at radius 2 is 0.872 bits per heavy atom. The summed E-state index contributed by atoms with van der Waals surface area (Å²) in [6, 6.07) is 0. The molecule has 0 saturated carbocycles. The summed E-state index contributed by atoms with van der Waals surface area (Å²) in [5.74, 6) is -3.59. The third kappa shape index (κ3) is 7.53. The van der Waals surface area contributed by atoms with Crippen molar-refractivity contribution in [3.63, 3.8) is 0 Å². The van der Waals surface area contributed by atoms with E-state index in [1.807, 2.05) is 0 Å². The average molecular weight is 695 g/mol. The molecule has 4 aliphatic heterocycles. The van der Waals surface area contributed by atoms with Gasteiger partial charge in [0.15, 0.2) is 37.4 Å². The van der Waals surface area contributed by atoms with E-state index in [2.05, 4.69) is 4.74 Å². The second-order valence-electron chi connectivity index (χ2n) is 11.2. The van der Waals surface area contributed by atoms with Gasteiger partial charge in [-0.3, -0.25) is 0 Å². The zero-order chi connectivity index (χ0) is 35.1. The molecule has 23 nitrogen and oxygen atoms in total. The molecule has 0 aromatic heterocycles. The molecule has 20 atom stereocenters. The van der Waals surface area contributed by atoms with E-state index < -0.39 is 148 Å². The van der Waals surface area contributed by atoms with E-state index in [9.17, 15) is 81.1 Å². The van der Waals surface area contributed by atoms with Crippen LogP contribution in [-0.4, -0.2) is 219 Å². The molecule has 4 aliphatic rings. The molecule has 4 rings (SSSR count). The van der Waals surface area contributed by atoms with Gasteiger partial charge >= 0.3 is 11.9 Å². The lowest BCUT2D eigenvalue weighted by Gasteiger charge is -2.48. The van der Waals surface area contributed by atoms with Gasteiger partial charge in [-0.05, 0) is 0 Å². The number of rotatable bonds is 10. The first-order chi connectivity index (χ1) is 22.0. The Morgan fingerprint density at radius 3 is 1.38 bits per heavy atom. The van der Waals surface area contributed by atoms with E-state index in [-0.39, 0.29) is 0 Å². The van der Waals surface area contributed by atoms with Gasteiger partial charge in [-0.15, -0.1) is 0 Å². The molecule has 4 saturated heterocycles. The van der Waals surface area contributed by atoms with Crippen molar-refractivity contribution >= 4 is 11.9 Å². The van der Waals surface area contributed by atoms with Crippen molar-refractivity contribution in [2.24, 2.45) is 0 Å². The van der Waals surface area contributed by atoms with Crippen LogP contribution >= 0.6 is 0 Å². The van der Waals surface area contributed by atoms with Gasteiger partial charge in [0.25, 0.3) is 0 Å². The van der Waals surface area contributed by atoms with Crippen LogP contribution in [0.5, 0.6) is 0 Å². The first-order valence-corrected chi connectivity index (χ1v) is 14.1. The van der Waals surface area contributed by atoms with E-state index in [1.165, 1.54) is 0 Å². The van der Waals surface area contributed by atoms with Crippen LogP contribution in [-0.2, 0) is 42.7 Å². The highest BCUT2D eigenvalue weighted by atomic mass is 16.8. The van der Waals surface area contributed by atoms with E-state index in [1.54, 1.807) is 0 Å². The maximum absolute atomic E-state index is 11.9. The van der Waals surface area contributed by atoms with Crippen LogP contribution in [0.15, 0.2) is 0 Å². The van der Waals surface area contributed by atoms with Crippen LogP contribution in [0.4, 0.5) is 0 Å². The molecule has 272 valence electrons. The van der Waals surface area contributed by atoms with Gasteiger partial charge < -0.3 is 105 Å². The number of carboxylic acids is 2. The van der Waals surface area contributed by atoms with Crippen molar-refractivity contribution in [3.8, 4) is 0 Å². The lowest BCUT2D eigenvalue weighted by Crippen LogP contribution is -2.68. The van der Waals surface area contributed by atoms with Crippen molar-refractivity contribution < 1.29 is 114 Å². The molecule has 14 N–H and O–H groups in total. The molecule has 4 heterocycles. The van der Waals surface area contributed by atoms with Gasteiger partial charge in [0, 0.05) is 0 Å². The lowest BCUT2D eigenvalue weighted by atomic mass is 9.95. The fraction of sp³-hybridized carbons (Fsp3) is 0.917. The smallest absolute Gasteiger partial charge is 0.335 e. The van der Waals surface area contributed by atoms with Gasteiger partial charge in [0.2, 0.25) is 0 Å². The standard InChI is InChI=1S/C24H38O23/c25-1-3-5(27)6(28)8(30)22(41-3)46-16-11(33)18(20(38)39)47-24(13(16)35)44-14-4(2-26)42-23(9(31)7(14)29)45-15-10(32)17(19(36)37)43-21(40)12(15)34/h3-18,21-35,40H,1-2H2,(H,36,37)(H,38,39). The van der Waals surface area contributed by atoms with E-state index in [0.717, 1.165) is 0 Å². The zero-order valence-corrected chi connectivity index (χ0v) is 23.9. The van der Waals surface area contributed by atoms with Crippen LogP contribution in [0, 0.1) is 0 Å². The Bertz CT molecular complexity index is 1060. The molecule has 47 heavy (non-hydrogen) atoms. The quantitative estimate of drug-likeness (QED) is 0.101. The third-order valence-electron chi connectivity index (χ3n) is 8.13. The number of carboxylic acid groups (broad SMARTS) is 2. The van der Waals surface area contributed by atoms with E-state index >= 15 is 0 Å². The van der Waals surface area contributed by atoms with Gasteiger partial charge in [-0.25, -0.2) is 9.59 Å². The Morgan fingerprint density at radius 1 is 0.447 bits per heavy atom. The van der Waals surface area contributed by atoms with Crippen molar-refractivity contribution in [2.75, 3.05) is 13.2 Å². The lowest BCUT2D eigenvalue weighted by molar-refractivity contribution is -0.385. The number of ether oxygens (including phenoxy) is 7. The highest BCUT2D eigenvalue weighted by Gasteiger charge is 2.56. The fourth-order valence-corrected chi connectivity index (χ4v) is 5.50. The van der Waals surface area contributed by atoms with Gasteiger partial charge in [-0.1, -0.05) is 0 Å². The number of aliphatic hydroxyl groups excluding tert-OH is 12. The van der Waals surface area contributed by atoms with Crippen molar-refractivity contribution in [3.05, 3.63) is 0 Å². The minimum atomic E-state index is -2.24. The van der Waals surface area contributed by atoms with E-state index in [4.69, 9.17) is 28.4 Å². The monoisotopic (exact) mass is 694 g/mol. The molecule has 0 aromatic rings. The van der Waals surface area contributed by atoms with Crippen LogP contribution in [0.2, 0.25) is 0 Å². The molecule has 20 unspecified atom stereocenters. The summed E-state index contributed by atoms with van der Waals surface area (Å²) >= 11 is 0.